The fourth-order valence-corrected chi connectivity index (χ4v) is 5.70. The van der Waals surface area contributed by atoms with E-state index in [9.17, 15) is 22.8 Å². The lowest BCUT2D eigenvalue weighted by molar-refractivity contribution is -0.141. The summed E-state index contributed by atoms with van der Waals surface area (Å²) in [5.74, 6) is -0.840. The van der Waals surface area contributed by atoms with Crippen LogP contribution in [0.5, 0.6) is 0 Å². The number of nitrogens with zero attached hydrogens (tertiary/aromatic N) is 2. The number of carbonyl (C=O) groups excluding carboxylic acids is 3. The summed E-state index contributed by atoms with van der Waals surface area (Å²) in [6.45, 7) is 4.89. The highest BCUT2D eigenvalue weighted by molar-refractivity contribution is 7.91. The van der Waals surface area contributed by atoms with Crippen molar-refractivity contribution in [3.8, 4) is 0 Å². The molecule has 2 fully saturated rings. The second-order valence-electron chi connectivity index (χ2n) is 7.84. The molecule has 0 aromatic heterocycles. The second-order valence-corrected chi connectivity index (χ2v) is 10.1. The Balaban J connectivity index is 1.57. The molecule has 0 saturated carbocycles. The van der Waals surface area contributed by atoms with Gasteiger partial charge in [0.15, 0.2) is 15.9 Å². The van der Waals surface area contributed by atoms with E-state index in [2.05, 4.69) is 0 Å². The van der Waals surface area contributed by atoms with Gasteiger partial charge in [-0.1, -0.05) is 12.1 Å². The highest BCUT2D eigenvalue weighted by Gasteiger charge is 2.36. The lowest BCUT2D eigenvalue weighted by Crippen LogP contribution is -2.46. The van der Waals surface area contributed by atoms with Gasteiger partial charge in [0.2, 0.25) is 5.91 Å². The average molecular weight is 437 g/mol. The molecule has 30 heavy (non-hydrogen) atoms. The Labute approximate surface area is 177 Å². The van der Waals surface area contributed by atoms with Crippen LogP contribution in [0.2, 0.25) is 0 Å². The van der Waals surface area contributed by atoms with Crippen LogP contribution < -0.4 is 0 Å². The minimum atomic E-state index is -3.12. The van der Waals surface area contributed by atoms with Crippen LogP contribution in [-0.2, 0) is 30.7 Å². The van der Waals surface area contributed by atoms with Crippen LogP contribution in [0.4, 0.5) is 0 Å². The van der Waals surface area contributed by atoms with Gasteiger partial charge in [-0.2, -0.15) is 0 Å². The van der Waals surface area contributed by atoms with E-state index in [4.69, 9.17) is 4.74 Å². The summed E-state index contributed by atoms with van der Waals surface area (Å²) in [6.07, 6.45) is 0.848. The fourth-order valence-electron chi connectivity index (χ4n) is 3.97. The Morgan fingerprint density at radius 1 is 1.27 bits per heavy atom. The molecule has 2 amide bonds. The maximum atomic E-state index is 12.7. The smallest absolute Gasteiger partial charge is 0.338 e. The number of esters is 1. The maximum absolute atomic E-state index is 12.7. The van der Waals surface area contributed by atoms with Crippen LogP contribution in [0, 0.1) is 0 Å². The van der Waals surface area contributed by atoms with Gasteiger partial charge in [-0.15, -0.1) is 0 Å². The largest absolute Gasteiger partial charge is 0.449 e. The summed E-state index contributed by atoms with van der Waals surface area (Å²) >= 11 is 0. The van der Waals surface area contributed by atoms with Gasteiger partial charge in [0.05, 0.1) is 17.1 Å². The number of hydrogen-bond donors (Lipinski definition) is 0. The summed E-state index contributed by atoms with van der Waals surface area (Å²) in [5, 5.41) is 0. The monoisotopic (exact) mass is 436 g/mol. The highest BCUT2D eigenvalue weighted by Crippen LogP contribution is 2.20. The lowest BCUT2D eigenvalue weighted by Gasteiger charge is -2.29. The van der Waals surface area contributed by atoms with Gasteiger partial charge in [-0.3, -0.25) is 9.59 Å². The van der Waals surface area contributed by atoms with Gasteiger partial charge < -0.3 is 14.5 Å². The molecule has 164 valence electrons. The van der Waals surface area contributed by atoms with Gasteiger partial charge in [0.25, 0.3) is 5.91 Å². The van der Waals surface area contributed by atoms with E-state index >= 15 is 0 Å². The normalized spacial score (nSPS) is 21.5. The van der Waals surface area contributed by atoms with Crippen molar-refractivity contribution in [2.45, 2.75) is 51.8 Å². The van der Waals surface area contributed by atoms with Crippen LogP contribution in [-0.4, -0.2) is 72.7 Å². The van der Waals surface area contributed by atoms with Gasteiger partial charge in [0, 0.05) is 32.1 Å². The molecule has 1 aromatic rings. The van der Waals surface area contributed by atoms with E-state index in [0.29, 0.717) is 31.5 Å². The molecule has 0 radical (unpaired) electrons. The van der Waals surface area contributed by atoms with Gasteiger partial charge in [0.1, 0.15) is 0 Å². The zero-order chi connectivity index (χ0) is 21.9. The van der Waals surface area contributed by atoms with Crippen molar-refractivity contribution in [3.63, 3.8) is 0 Å². The molecule has 2 heterocycles. The summed E-state index contributed by atoms with van der Waals surface area (Å²) in [4.78, 5) is 40.2. The van der Waals surface area contributed by atoms with Crippen LogP contribution in [0.3, 0.4) is 0 Å². The average Bonchev–Trinajstić information content (AvgIpc) is 3.27. The molecule has 2 saturated heterocycles. The van der Waals surface area contributed by atoms with E-state index < -0.39 is 27.8 Å². The Morgan fingerprint density at radius 3 is 2.50 bits per heavy atom. The molecular weight excluding hydrogens is 408 g/mol. The van der Waals surface area contributed by atoms with Crippen molar-refractivity contribution in [2.75, 3.05) is 24.6 Å². The van der Waals surface area contributed by atoms with Crippen LogP contribution in [0.25, 0.3) is 0 Å². The molecule has 2 aliphatic heterocycles. The fraction of sp³-hybridized carbons (Fsp3) is 0.571. The minimum Gasteiger partial charge on any atom is -0.449 e. The molecule has 9 heteroatoms. The van der Waals surface area contributed by atoms with Gasteiger partial charge in [-0.05, 0) is 44.4 Å². The van der Waals surface area contributed by atoms with Crippen LogP contribution in [0.1, 0.15) is 49.0 Å². The Bertz CT molecular complexity index is 912. The molecule has 0 unspecified atom stereocenters. The molecule has 0 N–H and O–H groups in total. The Morgan fingerprint density at radius 2 is 1.97 bits per heavy atom. The van der Waals surface area contributed by atoms with Crippen molar-refractivity contribution in [3.05, 3.63) is 35.4 Å². The minimum absolute atomic E-state index is 0.0474. The third-order valence-corrected chi connectivity index (χ3v) is 7.39. The second kappa shape index (κ2) is 9.16. The van der Waals surface area contributed by atoms with Crippen molar-refractivity contribution in [1.82, 2.24) is 9.80 Å². The number of likely N-dealkylation sites (tertiary alicyclic amines) is 1. The first-order valence-electron chi connectivity index (χ1n) is 10.3. The van der Waals surface area contributed by atoms with Crippen LogP contribution in [0.15, 0.2) is 24.3 Å². The molecule has 2 aliphatic rings. The lowest BCUT2D eigenvalue weighted by atomic mass is 10.1. The number of carbonyl (C=O) groups is 3. The number of sulfone groups is 1. The van der Waals surface area contributed by atoms with E-state index in [1.165, 1.54) is 11.8 Å². The summed E-state index contributed by atoms with van der Waals surface area (Å²) in [7, 11) is -3.12. The standard InChI is InChI=1S/C21H28N2O6S/c1-3-23(18-10-12-30(27,28)14-18)20(25)15(2)29-21(26)17-8-6-16(7-9-17)13-22-11-4-5-19(22)24/h6-9,15,18H,3-5,10-14H2,1-2H3/t15-,18+/m0/s1. The molecular formula is C21H28N2O6S. The highest BCUT2D eigenvalue weighted by atomic mass is 32.2. The molecule has 0 spiro atoms. The van der Waals surface area contributed by atoms with Crippen molar-refractivity contribution in [1.29, 1.82) is 0 Å². The predicted octanol–water partition coefficient (Wildman–Crippen LogP) is 1.39. The van der Waals surface area contributed by atoms with Crippen molar-refractivity contribution >= 4 is 27.6 Å². The first kappa shape index (κ1) is 22.3. The third kappa shape index (κ3) is 5.19. The molecule has 0 bridgehead atoms. The Kier molecular flexibility index (Phi) is 6.80. The third-order valence-electron chi connectivity index (χ3n) is 5.64. The Hall–Kier alpha value is -2.42. The van der Waals surface area contributed by atoms with Crippen molar-refractivity contribution in [2.24, 2.45) is 0 Å². The number of likely N-dealkylation sites (N-methyl/N-ethyl adjacent to an activating group) is 1. The molecule has 2 atom stereocenters. The molecule has 1 aromatic carbocycles. The molecule has 8 nitrogen and oxygen atoms in total. The SMILES string of the molecule is CCN(C(=O)[C@H](C)OC(=O)c1ccc(CN2CCCC2=O)cc1)[C@@H]1CCS(=O)(=O)C1. The maximum Gasteiger partial charge on any atom is 0.338 e. The zero-order valence-corrected chi connectivity index (χ0v) is 18.2. The quantitative estimate of drug-likeness (QED) is 0.599. The number of hydrogen-bond acceptors (Lipinski definition) is 6. The van der Waals surface area contributed by atoms with Gasteiger partial charge in [-0.25, -0.2) is 13.2 Å². The molecule has 3 rings (SSSR count). The van der Waals surface area contributed by atoms with E-state index in [0.717, 1.165) is 18.5 Å². The number of benzene rings is 1. The van der Waals surface area contributed by atoms with E-state index in [1.54, 1.807) is 36.1 Å². The van der Waals surface area contributed by atoms with Crippen LogP contribution >= 0.6 is 0 Å². The van der Waals surface area contributed by atoms with Crippen molar-refractivity contribution < 1.29 is 27.5 Å². The number of amides is 2. The molecule has 0 aliphatic carbocycles. The number of rotatable bonds is 7. The first-order valence-corrected chi connectivity index (χ1v) is 12.1. The summed E-state index contributed by atoms with van der Waals surface area (Å²) in [5.41, 5.74) is 1.24. The summed E-state index contributed by atoms with van der Waals surface area (Å²) in [6, 6.07) is 6.42. The number of ether oxygens (including phenoxy) is 1. The van der Waals surface area contributed by atoms with E-state index in [-0.39, 0.29) is 23.5 Å². The zero-order valence-electron chi connectivity index (χ0n) is 17.4. The first-order chi connectivity index (χ1) is 14.2. The van der Waals surface area contributed by atoms with E-state index in [1.807, 2.05) is 0 Å². The summed E-state index contributed by atoms with van der Waals surface area (Å²) < 4.78 is 28.8. The topological polar surface area (TPSA) is 101 Å². The predicted molar refractivity (Wildman–Crippen MR) is 110 cm³/mol. The van der Waals surface area contributed by atoms with Gasteiger partial charge >= 0.3 is 5.97 Å².